The Labute approximate surface area is 89.1 Å². The number of hydrogen-bond acceptors (Lipinski definition) is 0. The summed E-state index contributed by atoms with van der Waals surface area (Å²) in [5.74, 6) is 0. The molecule has 6 heteroatoms. The third-order valence-electron chi connectivity index (χ3n) is 2.66. The highest BCUT2D eigenvalue weighted by Gasteiger charge is 2.22. The third-order valence-corrected chi connectivity index (χ3v) is 2.66. The van der Waals surface area contributed by atoms with Crippen LogP contribution >= 0.6 is 0 Å². The van der Waals surface area contributed by atoms with Gasteiger partial charge in [-0.3, -0.25) is 0 Å². The van der Waals surface area contributed by atoms with E-state index in [2.05, 4.69) is 14.0 Å². The molecule has 0 unspecified atom stereocenters. The fraction of sp³-hybridized carbons (Fsp3) is 1.00. The van der Waals surface area contributed by atoms with Crippen LogP contribution in [0.3, 0.4) is 0 Å². The van der Waals surface area contributed by atoms with Gasteiger partial charge in [0.25, 0.3) is 0 Å². The lowest BCUT2D eigenvalue weighted by molar-refractivity contribution is -0.914. The smallest absolute Gasteiger partial charge is 0.418 e. The molecule has 1 aliphatic rings. The minimum absolute atomic E-state index is 1.34. The predicted octanol–water partition coefficient (Wildman–Crippen LogP) is 3.33. The Balaban J connectivity index is 0.000000336. The summed E-state index contributed by atoms with van der Waals surface area (Å²) in [4.78, 5) is 0. The van der Waals surface area contributed by atoms with Gasteiger partial charge in [0.05, 0.1) is 26.7 Å². The van der Waals surface area contributed by atoms with Crippen LogP contribution in [0, 0.1) is 0 Å². The summed E-state index contributed by atoms with van der Waals surface area (Å²) in [6.07, 6.45) is 5.72. The molecule has 0 saturated carbocycles. The highest BCUT2D eigenvalue weighted by Crippen LogP contribution is 2.16. The van der Waals surface area contributed by atoms with Crippen molar-refractivity contribution in [1.82, 2.24) is 0 Å². The van der Waals surface area contributed by atoms with E-state index in [9.17, 15) is 17.3 Å². The van der Waals surface area contributed by atoms with E-state index in [1.54, 1.807) is 0 Å². The Morgan fingerprint density at radius 3 is 1.73 bits per heavy atom. The molecule has 0 aromatic carbocycles. The van der Waals surface area contributed by atoms with Crippen molar-refractivity contribution in [3.63, 3.8) is 0 Å². The van der Waals surface area contributed by atoms with Crippen LogP contribution in [0.15, 0.2) is 0 Å². The Kier molecular flexibility index (Phi) is 6.25. The molecule has 0 spiro atoms. The van der Waals surface area contributed by atoms with Crippen molar-refractivity contribution in [3.8, 4) is 0 Å². The van der Waals surface area contributed by atoms with Gasteiger partial charge in [0.2, 0.25) is 0 Å². The normalized spacial score (nSPS) is 20.4. The average Bonchev–Trinajstić information content (AvgIpc) is 2.02. The quantitative estimate of drug-likeness (QED) is 0.387. The van der Waals surface area contributed by atoms with Crippen LogP contribution in [0.1, 0.15) is 32.6 Å². The molecule has 1 aliphatic heterocycles. The molecule has 0 atom stereocenters. The van der Waals surface area contributed by atoms with Crippen molar-refractivity contribution in [3.05, 3.63) is 0 Å². The molecule has 0 amide bonds. The molecule has 15 heavy (non-hydrogen) atoms. The molecule has 0 aliphatic carbocycles. The van der Waals surface area contributed by atoms with Crippen LogP contribution in [-0.2, 0) is 0 Å². The molecule has 1 nitrogen and oxygen atoms in total. The van der Waals surface area contributed by atoms with E-state index in [1.807, 2.05) is 0 Å². The van der Waals surface area contributed by atoms with Gasteiger partial charge in [-0.1, -0.05) is 6.92 Å². The third kappa shape index (κ3) is 10.0. The van der Waals surface area contributed by atoms with E-state index in [0.717, 1.165) is 0 Å². The second-order valence-electron chi connectivity index (χ2n) is 4.35. The van der Waals surface area contributed by atoms with E-state index in [0.29, 0.717) is 0 Å². The zero-order chi connectivity index (χ0) is 11.9. The van der Waals surface area contributed by atoms with Crippen LogP contribution < -0.4 is 0 Å². The molecular formula is C9H20BF4N. The van der Waals surface area contributed by atoms with Gasteiger partial charge in [-0.25, -0.2) is 0 Å². The van der Waals surface area contributed by atoms with Crippen molar-refractivity contribution >= 4 is 7.25 Å². The number of halogens is 4. The maximum atomic E-state index is 9.75. The maximum absolute atomic E-state index is 9.75. The van der Waals surface area contributed by atoms with Crippen LogP contribution in [0.2, 0.25) is 0 Å². The minimum Gasteiger partial charge on any atom is -0.418 e. The van der Waals surface area contributed by atoms with Crippen molar-refractivity contribution in [2.24, 2.45) is 0 Å². The monoisotopic (exact) mass is 229 g/mol. The SMILES string of the molecule is CCC[N+]1(C)CCCCC1.F[B-](F)(F)F. The first kappa shape index (κ1) is 14.7. The van der Waals surface area contributed by atoms with Crippen molar-refractivity contribution in [1.29, 1.82) is 0 Å². The van der Waals surface area contributed by atoms with Gasteiger partial charge in [-0.15, -0.1) is 0 Å². The standard InChI is InChI=1S/C9H20N.BF4/c1-3-7-10(2)8-5-4-6-9-10;2-1(3,4)5/h3-9H2,1-2H3;/q+1;-1. The topological polar surface area (TPSA) is 0 Å². The number of quaternary nitrogens is 1. The van der Waals surface area contributed by atoms with E-state index >= 15 is 0 Å². The number of likely N-dealkylation sites (tertiary alicyclic amines) is 1. The number of piperidine rings is 1. The Morgan fingerprint density at radius 1 is 1.00 bits per heavy atom. The fourth-order valence-corrected chi connectivity index (χ4v) is 2.04. The molecule has 92 valence electrons. The molecule has 1 fully saturated rings. The number of hydrogen-bond donors (Lipinski definition) is 0. The van der Waals surface area contributed by atoms with E-state index in [-0.39, 0.29) is 0 Å². The number of rotatable bonds is 2. The first-order valence-corrected chi connectivity index (χ1v) is 5.48. The molecule has 1 saturated heterocycles. The predicted molar refractivity (Wildman–Crippen MR) is 55.1 cm³/mol. The van der Waals surface area contributed by atoms with Gasteiger partial charge in [0.1, 0.15) is 0 Å². The molecule has 0 N–H and O–H groups in total. The Bertz CT molecular complexity index is 154. The first-order chi connectivity index (χ1) is 6.77. The summed E-state index contributed by atoms with van der Waals surface area (Å²) < 4.78 is 40.3. The summed E-state index contributed by atoms with van der Waals surface area (Å²) in [6, 6.07) is 0. The Hall–Kier alpha value is -0.255. The van der Waals surface area contributed by atoms with Gasteiger partial charge in [-0.2, -0.15) is 0 Å². The summed E-state index contributed by atoms with van der Waals surface area (Å²) in [5, 5.41) is 0. The lowest BCUT2D eigenvalue weighted by Gasteiger charge is -2.37. The lowest BCUT2D eigenvalue weighted by Crippen LogP contribution is -2.48. The van der Waals surface area contributed by atoms with Crippen LogP contribution in [0.4, 0.5) is 17.3 Å². The zero-order valence-electron chi connectivity index (χ0n) is 9.49. The largest absolute Gasteiger partial charge is 0.673 e. The fourth-order valence-electron chi connectivity index (χ4n) is 2.04. The van der Waals surface area contributed by atoms with Gasteiger partial charge >= 0.3 is 7.25 Å². The number of nitrogens with zero attached hydrogens (tertiary/aromatic N) is 1. The lowest BCUT2D eigenvalue weighted by atomic mass is 10.1. The minimum atomic E-state index is -6.00. The Morgan fingerprint density at radius 2 is 1.40 bits per heavy atom. The van der Waals surface area contributed by atoms with Crippen LogP contribution in [0.25, 0.3) is 0 Å². The summed E-state index contributed by atoms with van der Waals surface area (Å²) in [5.41, 5.74) is 0. The summed E-state index contributed by atoms with van der Waals surface area (Å²) >= 11 is 0. The molecule has 0 bridgehead atoms. The molecule has 0 aromatic rings. The van der Waals surface area contributed by atoms with Crippen LogP contribution in [-0.4, -0.2) is 38.4 Å². The second kappa shape index (κ2) is 6.35. The highest BCUT2D eigenvalue weighted by molar-refractivity contribution is 6.50. The van der Waals surface area contributed by atoms with Gasteiger partial charge in [0, 0.05) is 0 Å². The average molecular weight is 229 g/mol. The van der Waals surface area contributed by atoms with Crippen molar-refractivity contribution in [2.45, 2.75) is 32.6 Å². The van der Waals surface area contributed by atoms with Crippen molar-refractivity contribution < 1.29 is 21.7 Å². The van der Waals surface area contributed by atoms with E-state index in [4.69, 9.17) is 0 Å². The summed E-state index contributed by atoms with van der Waals surface area (Å²) in [6.45, 7) is 6.53. The highest BCUT2D eigenvalue weighted by atomic mass is 19.5. The van der Waals surface area contributed by atoms with Gasteiger partial charge < -0.3 is 21.7 Å². The molecule has 0 aromatic heterocycles. The second-order valence-corrected chi connectivity index (χ2v) is 4.35. The maximum Gasteiger partial charge on any atom is 0.673 e. The van der Waals surface area contributed by atoms with Gasteiger partial charge in [0.15, 0.2) is 0 Å². The van der Waals surface area contributed by atoms with Crippen molar-refractivity contribution in [2.75, 3.05) is 26.7 Å². The molecule has 1 rings (SSSR count). The van der Waals surface area contributed by atoms with Crippen LogP contribution in [0.5, 0.6) is 0 Å². The van der Waals surface area contributed by atoms with E-state index < -0.39 is 7.25 Å². The van der Waals surface area contributed by atoms with Gasteiger partial charge in [-0.05, 0) is 25.7 Å². The molecule has 1 heterocycles. The molecular weight excluding hydrogens is 209 g/mol. The first-order valence-electron chi connectivity index (χ1n) is 5.48. The summed E-state index contributed by atoms with van der Waals surface area (Å²) in [7, 11) is -3.59. The molecule has 0 radical (unpaired) electrons. The van der Waals surface area contributed by atoms with E-state index in [1.165, 1.54) is 49.8 Å². The zero-order valence-corrected chi connectivity index (χ0v) is 9.49.